The first-order chi connectivity index (χ1) is 19.9. The molecule has 0 bridgehead atoms. The summed E-state index contributed by atoms with van der Waals surface area (Å²) in [5.74, 6) is -0.668. The molecule has 1 aliphatic heterocycles. The van der Waals surface area contributed by atoms with E-state index in [1.165, 1.54) is 6.33 Å². The standard InChI is InChI=1S/C31H37N5O5/c1-4-41-23-10-12-36(17-25-24-9-11-33-29(24)19(2)13-28(25)40-3)27(15-23)20-5-7-21(8-6-20)30(37)35-26(31(38)39)14-22-16-32-18-34-22/h5-9,11,13,16,18,23,26-27,33H,4,10,12,14-15,17H2,1-3H3,(H,32,34)(H,35,37)(H,38,39)/t23-,26-,27-/m0/s1. The van der Waals surface area contributed by atoms with Gasteiger partial charge in [-0.25, -0.2) is 9.78 Å². The van der Waals surface area contributed by atoms with Crippen LogP contribution < -0.4 is 10.1 Å². The van der Waals surface area contributed by atoms with Gasteiger partial charge in [-0.2, -0.15) is 0 Å². The highest BCUT2D eigenvalue weighted by Crippen LogP contribution is 2.38. The summed E-state index contributed by atoms with van der Waals surface area (Å²) in [5, 5.41) is 13.4. The number of aryl methyl sites for hydroxylation is 1. The number of carbonyl (C=O) groups excluding carboxylic acids is 1. The van der Waals surface area contributed by atoms with Gasteiger partial charge >= 0.3 is 5.97 Å². The van der Waals surface area contributed by atoms with Gasteiger partial charge in [-0.3, -0.25) is 9.69 Å². The maximum atomic E-state index is 13.0. The number of carboxylic acids is 1. The minimum atomic E-state index is -1.10. The minimum Gasteiger partial charge on any atom is -0.496 e. The largest absolute Gasteiger partial charge is 0.496 e. The van der Waals surface area contributed by atoms with Gasteiger partial charge in [0, 0.05) is 72.3 Å². The number of piperidine rings is 1. The Bertz CT molecular complexity index is 1480. The van der Waals surface area contributed by atoms with Gasteiger partial charge in [-0.15, -0.1) is 0 Å². The third-order valence-electron chi connectivity index (χ3n) is 7.90. The van der Waals surface area contributed by atoms with Crippen LogP contribution in [-0.4, -0.2) is 69.2 Å². The predicted octanol–water partition coefficient (Wildman–Crippen LogP) is 4.38. The van der Waals surface area contributed by atoms with Crippen LogP contribution in [0, 0.1) is 6.92 Å². The van der Waals surface area contributed by atoms with Crippen molar-refractivity contribution in [2.45, 2.75) is 57.8 Å². The van der Waals surface area contributed by atoms with E-state index < -0.39 is 17.9 Å². The van der Waals surface area contributed by atoms with Crippen molar-refractivity contribution in [3.05, 3.63) is 83.1 Å². The zero-order valence-corrected chi connectivity index (χ0v) is 23.6. The van der Waals surface area contributed by atoms with Gasteiger partial charge in [0.1, 0.15) is 11.8 Å². The number of imidazole rings is 1. The van der Waals surface area contributed by atoms with Crippen molar-refractivity contribution in [1.29, 1.82) is 0 Å². The summed E-state index contributed by atoms with van der Waals surface area (Å²) >= 11 is 0. The molecule has 1 aliphatic rings. The molecule has 10 nitrogen and oxygen atoms in total. The predicted molar refractivity (Wildman–Crippen MR) is 155 cm³/mol. The second-order valence-electron chi connectivity index (χ2n) is 10.5. The smallest absolute Gasteiger partial charge is 0.326 e. The Labute approximate surface area is 239 Å². The summed E-state index contributed by atoms with van der Waals surface area (Å²) in [6, 6.07) is 10.6. The molecule has 5 rings (SSSR count). The quantitative estimate of drug-likeness (QED) is 0.214. The van der Waals surface area contributed by atoms with Crippen molar-refractivity contribution in [3.8, 4) is 5.75 Å². The van der Waals surface area contributed by atoms with Crippen LogP contribution >= 0.6 is 0 Å². The lowest BCUT2D eigenvalue weighted by molar-refractivity contribution is -0.139. The molecular formula is C31H37N5O5. The van der Waals surface area contributed by atoms with Crippen molar-refractivity contribution in [1.82, 2.24) is 25.2 Å². The van der Waals surface area contributed by atoms with E-state index in [4.69, 9.17) is 9.47 Å². The molecule has 0 saturated carbocycles. The number of amides is 1. The van der Waals surface area contributed by atoms with Crippen molar-refractivity contribution in [3.63, 3.8) is 0 Å². The number of methoxy groups -OCH3 is 1. The second kappa shape index (κ2) is 12.6. The number of carboxylic acid groups (broad SMARTS) is 1. The molecule has 41 heavy (non-hydrogen) atoms. The lowest BCUT2D eigenvalue weighted by Crippen LogP contribution is -2.42. The van der Waals surface area contributed by atoms with Gasteiger partial charge in [0.2, 0.25) is 0 Å². The van der Waals surface area contributed by atoms with Crippen molar-refractivity contribution in [2.75, 3.05) is 20.3 Å². The zero-order valence-electron chi connectivity index (χ0n) is 23.6. The average Bonchev–Trinajstić information content (AvgIpc) is 3.68. The van der Waals surface area contributed by atoms with Gasteiger partial charge in [0.25, 0.3) is 5.91 Å². The molecule has 0 aliphatic carbocycles. The lowest BCUT2D eigenvalue weighted by atomic mass is 9.91. The monoisotopic (exact) mass is 559 g/mol. The summed E-state index contributed by atoms with van der Waals surface area (Å²) in [5.41, 5.74) is 5.51. The number of nitrogens with zero attached hydrogens (tertiary/aromatic N) is 2. The first kappa shape index (κ1) is 28.4. The number of likely N-dealkylation sites (tertiary alicyclic amines) is 1. The van der Waals surface area contributed by atoms with Crippen molar-refractivity contribution >= 4 is 22.8 Å². The summed E-state index contributed by atoms with van der Waals surface area (Å²) in [6.07, 6.45) is 7.02. The van der Waals surface area contributed by atoms with E-state index in [0.717, 1.165) is 52.7 Å². The fraction of sp³-hybridized carbons (Fsp3) is 0.387. The van der Waals surface area contributed by atoms with Crippen LogP contribution in [0.3, 0.4) is 0 Å². The highest BCUT2D eigenvalue weighted by atomic mass is 16.5. The number of fused-ring (bicyclic) bond motifs is 1. The van der Waals surface area contributed by atoms with Crippen LogP contribution in [0.25, 0.3) is 10.9 Å². The molecule has 10 heteroatoms. The van der Waals surface area contributed by atoms with Crippen LogP contribution in [0.5, 0.6) is 5.75 Å². The molecule has 216 valence electrons. The number of aromatic amines is 2. The Morgan fingerprint density at radius 2 is 2.02 bits per heavy atom. The number of H-pyrrole nitrogens is 2. The van der Waals surface area contributed by atoms with Crippen molar-refractivity contribution < 1.29 is 24.2 Å². The summed E-state index contributed by atoms with van der Waals surface area (Å²) < 4.78 is 11.9. The number of hydrogen-bond donors (Lipinski definition) is 4. The highest BCUT2D eigenvalue weighted by molar-refractivity contribution is 5.96. The van der Waals surface area contributed by atoms with Crippen LogP contribution in [0.15, 0.2) is 55.1 Å². The van der Waals surface area contributed by atoms with E-state index in [9.17, 15) is 14.7 Å². The SMILES string of the molecule is CCO[C@H]1CCN(Cc2c(OC)cc(C)c3[nH]ccc23)[C@H](c2ccc(C(=O)N[C@@H](Cc3cnc[nH]3)C(=O)O)cc2)C1. The molecule has 4 aromatic rings. The van der Waals surface area contributed by atoms with E-state index >= 15 is 0 Å². The Kier molecular flexibility index (Phi) is 8.70. The van der Waals surface area contributed by atoms with Crippen LogP contribution in [0.2, 0.25) is 0 Å². The molecule has 1 fully saturated rings. The Hall–Kier alpha value is -4.15. The summed E-state index contributed by atoms with van der Waals surface area (Å²) in [6.45, 7) is 6.32. The second-order valence-corrected chi connectivity index (χ2v) is 10.5. The minimum absolute atomic E-state index is 0.0737. The van der Waals surface area contributed by atoms with Crippen LogP contribution in [0.1, 0.15) is 58.5 Å². The lowest BCUT2D eigenvalue weighted by Gasteiger charge is -2.40. The van der Waals surface area contributed by atoms with E-state index in [1.54, 1.807) is 25.4 Å². The van der Waals surface area contributed by atoms with E-state index in [-0.39, 0.29) is 18.6 Å². The molecular weight excluding hydrogens is 522 g/mol. The van der Waals surface area contributed by atoms with E-state index in [2.05, 4.69) is 44.2 Å². The van der Waals surface area contributed by atoms with Gasteiger partial charge in [-0.1, -0.05) is 12.1 Å². The maximum absolute atomic E-state index is 13.0. The Balaban J connectivity index is 1.37. The number of nitrogens with one attached hydrogen (secondary N) is 3. The fourth-order valence-corrected chi connectivity index (χ4v) is 5.80. The molecule has 3 atom stereocenters. The van der Waals surface area contributed by atoms with Gasteiger partial charge < -0.3 is 29.9 Å². The Morgan fingerprint density at radius 1 is 1.22 bits per heavy atom. The van der Waals surface area contributed by atoms with Gasteiger partial charge in [0.15, 0.2) is 0 Å². The molecule has 3 heterocycles. The number of hydrogen-bond acceptors (Lipinski definition) is 6. The average molecular weight is 560 g/mol. The molecule has 2 aromatic carbocycles. The summed E-state index contributed by atoms with van der Waals surface area (Å²) in [4.78, 5) is 37.4. The topological polar surface area (TPSA) is 133 Å². The fourth-order valence-electron chi connectivity index (χ4n) is 5.80. The van der Waals surface area contributed by atoms with Gasteiger partial charge in [-0.05, 0) is 62.1 Å². The maximum Gasteiger partial charge on any atom is 0.326 e. The summed E-state index contributed by atoms with van der Waals surface area (Å²) in [7, 11) is 1.71. The number of benzene rings is 2. The molecule has 2 aromatic heterocycles. The van der Waals surface area contributed by atoms with Crippen molar-refractivity contribution in [2.24, 2.45) is 0 Å². The number of rotatable bonds is 11. The van der Waals surface area contributed by atoms with Gasteiger partial charge in [0.05, 0.1) is 19.5 Å². The van der Waals surface area contributed by atoms with Crippen LogP contribution in [-0.2, 0) is 22.5 Å². The third kappa shape index (κ3) is 6.28. The van der Waals surface area contributed by atoms with E-state index in [1.807, 2.05) is 25.3 Å². The molecule has 0 unspecified atom stereocenters. The molecule has 4 N–H and O–H groups in total. The van der Waals surface area contributed by atoms with Crippen LogP contribution in [0.4, 0.5) is 0 Å². The molecule has 0 spiro atoms. The number of carbonyl (C=O) groups is 2. The third-order valence-corrected chi connectivity index (χ3v) is 7.90. The first-order valence-electron chi connectivity index (χ1n) is 14.0. The molecule has 1 saturated heterocycles. The zero-order chi connectivity index (χ0) is 28.9. The number of aliphatic carboxylic acids is 1. The molecule has 0 radical (unpaired) electrons. The molecule has 1 amide bonds. The normalized spacial score (nSPS) is 18.3. The Morgan fingerprint density at radius 3 is 2.71 bits per heavy atom. The highest BCUT2D eigenvalue weighted by Gasteiger charge is 2.31. The first-order valence-corrected chi connectivity index (χ1v) is 14.0. The number of aromatic nitrogens is 3. The van der Waals surface area contributed by atoms with E-state index in [0.29, 0.717) is 24.4 Å². The number of ether oxygens (including phenoxy) is 2.